The molecule has 2 heterocycles. The molecule has 3 rings (SSSR count). The number of anilines is 1. The molecule has 1 aromatic heterocycles. The molecule has 0 fully saturated rings. The molecule has 4 nitrogen and oxygen atoms in total. The molecule has 0 bridgehead atoms. The lowest BCUT2D eigenvalue weighted by Crippen LogP contribution is -2.26. The molecule has 19 heavy (non-hydrogen) atoms. The monoisotopic (exact) mass is 255 g/mol. The van der Waals surface area contributed by atoms with E-state index < -0.39 is 0 Å². The van der Waals surface area contributed by atoms with Crippen LogP contribution in [-0.4, -0.2) is 30.2 Å². The van der Waals surface area contributed by atoms with Gasteiger partial charge in [0.1, 0.15) is 11.6 Å². The van der Waals surface area contributed by atoms with Crippen molar-refractivity contribution < 1.29 is 4.74 Å². The van der Waals surface area contributed by atoms with Gasteiger partial charge in [-0.05, 0) is 30.0 Å². The minimum Gasteiger partial charge on any atom is -0.496 e. The van der Waals surface area contributed by atoms with Crippen LogP contribution in [-0.2, 0) is 12.8 Å². The van der Waals surface area contributed by atoms with E-state index in [0.29, 0.717) is 0 Å². The Balaban J connectivity index is 1.85. The van der Waals surface area contributed by atoms with Gasteiger partial charge in [0, 0.05) is 25.5 Å². The van der Waals surface area contributed by atoms with Crippen LogP contribution in [0.25, 0.3) is 0 Å². The van der Waals surface area contributed by atoms with Crippen LogP contribution in [0.15, 0.2) is 36.8 Å². The lowest BCUT2D eigenvalue weighted by Gasteiger charge is -2.20. The van der Waals surface area contributed by atoms with Gasteiger partial charge in [-0.25, -0.2) is 4.98 Å². The summed E-state index contributed by atoms with van der Waals surface area (Å²) in [5, 5.41) is 0. The largest absolute Gasteiger partial charge is 0.496 e. The van der Waals surface area contributed by atoms with E-state index in [1.807, 2.05) is 12.3 Å². The summed E-state index contributed by atoms with van der Waals surface area (Å²) in [6.07, 6.45) is 7.28. The van der Waals surface area contributed by atoms with E-state index in [-0.39, 0.29) is 0 Å². The van der Waals surface area contributed by atoms with Crippen molar-refractivity contribution in [3.05, 3.63) is 47.9 Å². The molecule has 0 aliphatic carbocycles. The average Bonchev–Trinajstić information content (AvgIpc) is 2.70. The van der Waals surface area contributed by atoms with Crippen molar-refractivity contribution >= 4 is 5.82 Å². The SMILES string of the molecule is COc1cccc2c1CCN(c1cnccn1)CC2. The molecular weight excluding hydrogens is 238 g/mol. The van der Waals surface area contributed by atoms with E-state index in [2.05, 4.69) is 27.0 Å². The van der Waals surface area contributed by atoms with Crippen LogP contribution in [0.5, 0.6) is 5.75 Å². The highest BCUT2D eigenvalue weighted by atomic mass is 16.5. The van der Waals surface area contributed by atoms with Gasteiger partial charge in [0.2, 0.25) is 0 Å². The molecule has 0 amide bonds. The lowest BCUT2D eigenvalue weighted by atomic mass is 10.0. The van der Waals surface area contributed by atoms with Crippen LogP contribution >= 0.6 is 0 Å². The maximum absolute atomic E-state index is 5.46. The first-order valence-electron chi connectivity index (χ1n) is 6.54. The van der Waals surface area contributed by atoms with E-state index >= 15 is 0 Å². The number of benzene rings is 1. The number of fused-ring (bicyclic) bond motifs is 1. The molecule has 1 aliphatic heterocycles. The molecule has 98 valence electrons. The predicted octanol–water partition coefficient (Wildman–Crippen LogP) is 2.09. The highest BCUT2D eigenvalue weighted by molar-refractivity contribution is 5.45. The van der Waals surface area contributed by atoms with Crippen LogP contribution in [0.3, 0.4) is 0 Å². The van der Waals surface area contributed by atoms with E-state index in [0.717, 1.165) is 37.5 Å². The molecule has 0 atom stereocenters. The summed E-state index contributed by atoms with van der Waals surface area (Å²) in [6.45, 7) is 1.92. The van der Waals surface area contributed by atoms with Gasteiger partial charge in [-0.15, -0.1) is 0 Å². The van der Waals surface area contributed by atoms with Gasteiger partial charge in [-0.2, -0.15) is 0 Å². The molecule has 0 radical (unpaired) electrons. The molecule has 4 heteroatoms. The maximum Gasteiger partial charge on any atom is 0.147 e. The van der Waals surface area contributed by atoms with Gasteiger partial charge in [-0.3, -0.25) is 4.98 Å². The van der Waals surface area contributed by atoms with Crippen molar-refractivity contribution in [3.8, 4) is 5.75 Å². The topological polar surface area (TPSA) is 38.2 Å². The predicted molar refractivity (Wildman–Crippen MR) is 74.6 cm³/mol. The number of hydrogen-bond acceptors (Lipinski definition) is 4. The summed E-state index contributed by atoms with van der Waals surface area (Å²) in [5.74, 6) is 1.95. The van der Waals surface area contributed by atoms with Crippen molar-refractivity contribution in [1.82, 2.24) is 9.97 Å². The molecule has 0 saturated heterocycles. The van der Waals surface area contributed by atoms with Crippen LogP contribution in [0, 0.1) is 0 Å². The maximum atomic E-state index is 5.46. The van der Waals surface area contributed by atoms with Gasteiger partial charge >= 0.3 is 0 Å². The lowest BCUT2D eigenvalue weighted by molar-refractivity contribution is 0.409. The first-order valence-corrected chi connectivity index (χ1v) is 6.54. The Morgan fingerprint density at radius 3 is 2.84 bits per heavy atom. The highest BCUT2D eigenvalue weighted by Gasteiger charge is 2.17. The summed E-state index contributed by atoms with van der Waals surface area (Å²) in [4.78, 5) is 10.8. The summed E-state index contributed by atoms with van der Waals surface area (Å²) in [6, 6.07) is 6.30. The van der Waals surface area contributed by atoms with E-state index in [1.54, 1.807) is 19.5 Å². The number of methoxy groups -OCH3 is 1. The zero-order valence-electron chi connectivity index (χ0n) is 11.0. The Morgan fingerprint density at radius 2 is 2.05 bits per heavy atom. The molecule has 2 aromatic rings. The van der Waals surface area contributed by atoms with E-state index in [4.69, 9.17) is 4.74 Å². The summed E-state index contributed by atoms with van der Waals surface area (Å²) < 4.78 is 5.46. The molecule has 1 aromatic carbocycles. The molecule has 0 saturated carbocycles. The molecule has 1 aliphatic rings. The van der Waals surface area contributed by atoms with Gasteiger partial charge in [0.15, 0.2) is 0 Å². The minimum absolute atomic E-state index is 0.950. The van der Waals surface area contributed by atoms with Gasteiger partial charge < -0.3 is 9.64 Å². The second-order valence-corrected chi connectivity index (χ2v) is 4.65. The summed E-state index contributed by atoms with van der Waals surface area (Å²) >= 11 is 0. The fourth-order valence-electron chi connectivity index (χ4n) is 2.62. The number of aromatic nitrogens is 2. The standard InChI is InChI=1S/C15H17N3O/c1-19-14-4-2-3-12-5-9-18(10-6-13(12)14)15-11-16-7-8-17-15/h2-4,7-8,11H,5-6,9-10H2,1H3. The van der Waals surface area contributed by atoms with Crippen molar-refractivity contribution in [3.63, 3.8) is 0 Å². The van der Waals surface area contributed by atoms with E-state index in [9.17, 15) is 0 Å². The quantitative estimate of drug-likeness (QED) is 0.823. The van der Waals surface area contributed by atoms with Gasteiger partial charge in [0.05, 0.1) is 13.3 Å². The second kappa shape index (κ2) is 5.26. The third-order valence-electron chi connectivity index (χ3n) is 3.61. The minimum atomic E-state index is 0.950. The first kappa shape index (κ1) is 12.0. The second-order valence-electron chi connectivity index (χ2n) is 4.65. The Hall–Kier alpha value is -2.10. The fourth-order valence-corrected chi connectivity index (χ4v) is 2.62. The molecule has 0 N–H and O–H groups in total. The molecule has 0 unspecified atom stereocenters. The summed E-state index contributed by atoms with van der Waals surface area (Å²) in [7, 11) is 1.74. The van der Waals surface area contributed by atoms with Crippen molar-refractivity contribution in [2.45, 2.75) is 12.8 Å². The Kier molecular flexibility index (Phi) is 3.31. The smallest absolute Gasteiger partial charge is 0.147 e. The average molecular weight is 255 g/mol. The van der Waals surface area contributed by atoms with Crippen molar-refractivity contribution in [2.75, 3.05) is 25.1 Å². The Bertz CT molecular complexity index is 557. The third-order valence-corrected chi connectivity index (χ3v) is 3.61. The first-order chi connectivity index (χ1) is 9.38. The van der Waals surface area contributed by atoms with Crippen LogP contribution in [0.1, 0.15) is 11.1 Å². The Morgan fingerprint density at radius 1 is 1.16 bits per heavy atom. The number of nitrogens with zero attached hydrogens (tertiary/aromatic N) is 3. The van der Waals surface area contributed by atoms with Crippen molar-refractivity contribution in [2.24, 2.45) is 0 Å². The van der Waals surface area contributed by atoms with Crippen molar-refractivity contribution in [1.29, 1.82) is 0 Å². The summed E-state index contributed by atoms with van der Waals surface area (Å²) in [5.41, 5.74) is 2.71. The van der Waals surface area contributed by atoms with Gasteiger partial charge in [-0.1, -0.05) is 12.1 Å². The molecular formula is C15H17N3O. The number of ether oxygens (including phenoxy) is 1. The van der Waals surface area contributed by atoms with Crippen LogP contribution in [0.2, 0.25) is 0 Å². The molecule has 0 spiro atoms. The number of hydrogen-bond donors (Lipinski definition) is 0. The fraction of sp³-hybridized carbons (Fsp3) is 0.333. The normalized spacial score (nSPS) is 14.7. The van der Waals surface area contributed by atoms with E-state index in [1.165, 1.54) is 11.1 Å². The zero-order chi connectivity index (χ0) is 13.1. The van der Waals surface area contributed by atoms with Gasteiger partial charge in [0.25, 0.3) is 0 Å². The van der Waals surface area contributed by atoms with Crippen LogP contribution < -0.4 is 9.64 Å². The third kappa shape index (κ3) is 2.38. The number of rotatable bonds is 2. The Labute approximate surface area is 113 Å². The van der Waals surface area contributed by atoms with Crippen LogP contribution in [0.4, 0.5) is 5.82 Å². The highest BCUT2D eigenvalue weighted by Crippen LogP contribution is 2.26. The zero-order valence-corrected chi connectivity index (χ0v) is 11.0.